The Morgan fingerprint density at radius 1 is 1.19 bits per heavy atom. The standard InChI is InChI=1S/C9H21O3PS3/c1-6-16(11)7-12-13(10,14-8(2)3)15-9(4)5/h8-9H,6-7H2,1-5H3. The minimum atomic E-state index is -2.76. The third kappa shape index (κ3) is 8.18. The Labute approximate surface area is 109 Å². The molecule has 0 N–H and O–H groups in total. The summed E-state index contributed by atoms with van der Waals surface area (Å²) < 4.78 is 29.1. The topological polar surface area (TPSA) is 43.4 Å². The van der Waals surface area contributed by atoms with E-state index in [1.54, 1.807) is 0 Å². The van der Waals surface area contributed by atoms with Crippen LogP contribution in [0.1, 0.15) is 34.6 Å². The first-order valence-electron chi connectivity index (χ1n) is 5.25. The van der Waals surface area contributed by atoms with Gasteiger partial charge in [0, 0.05) is 27.1 Å². The van der Waals surface area contributed by atoms with Gasteiger partial charge in [0.25, 0.3) is 0 Å². The molecule has 0 fully saturated rings. The molecule has 0 aliphatic carbocycles. The lowest BCUT2D eigenvalue weighted by Crippen LogP contribution is -2.03. The monoisotopic (exact) mass is 304 g/mol. The van der Waals surface area contributed by atoms with Crippen LogP contribution in [0.2, 0.25) is 0 Å². The molecule has 0 spiro atoms. The molecule has 0 bridgehead atoms. The lowest BCUT2D eigenvalue weighted by Gasteiger charge is -2.20. The summed E-state index contributed by atoms with van der Waals surface area (Å²) in [4.78, 5) is 0. The van der Waals surface area contributed by atoms with Crippen LogP contribution in [0.25, 0.3) is 0 Å². The van der Waals surface area contributed by atoms with E-state index in [-0.39, 0.29) is 16.4 Å². The molecule has 7 heteroatoms. The van der Waals surface area contributed by atoms with E-state index in [0.717, 1.165) is 0 Å². The van der Waals surface area contributed by atoms with Crippen molar-refractivity contribution in [3.8, 4) is 0 Å². The molecule has 1 atom stereocenters. The van der Waals surface area contributed by atoms with Crippen LogP contribution in [0.15, 0.2) is 0 Å². The van der Waals surface area contributed by atoms with Gasteiger partial charge in [-0.2, -0.15) is 0 Å². The van der Waals surface area contributed by atoms with Crippen molar-refractivity contribution in [3.05, 3.63) is 0 Å². The van der Waals surface area contributed by atoms with Crippen LogP contribution in [-0.4, -0.2) is 26.4 Å². The van der Waals surface area contributed by atoms with Crippen LogP contribution in [0.3, 0.4) is 0 Å². The van der Waals surface area contributed by atoms with Gasteiger partial charge in [-0.3, -0.25) is 13.3 Å². The Hall–Kier alpha value is 1.04. The number of rotatable bonds is 8. The summed E-state index contributed by atoms with van der Waals surface area (Å²) in [7, 11) is -1.02. The fourth-order valence-electron chi connectivity index (χ4n) is 0.809. The SMILES string of the molecule is CCS(=O)COP(=O)(SC(C)C)SC(C)C. The predicted molar refractivity (Wildman–Crippen MR) is 77.7 cm³/mol. The van der Waals surface area contributed by atoms with E-state index in [1.165, 1.54) is 22.8 Å². The van der Waals surface area contributed by atoms with Gasteiger partial charge in [0.1, 0.15) is 5.94 Å². The Morgan fingerprint density at radius 2 is 1.62 bits per heavy atom. The fourth-order valence-corrected chi connectivity index (χ4v) is 11.1. The third-order valence-electron chi connectivity index (χ3n) is 1.34. The molecule has 0 aromatic heterocycles. The van der Waals surface area contributed by atoms with Gasteiger partial charge in [-0.1, -0.05) is 57.4 Å². The van der Waals surface area contributed by atoms with Crippen molar-refractivity contribution in [1.82, 2.24) is 0 Å². The highest BCUT2D eigenvalue weighted by atomic mass is 33.1. The first kappa shape index (κ1) is 17.0. The molecule has 0 aromatic rings. The van der Waals surface area contributed by atoms with Gasteiger partial charge in [0.15, 0.2) is 0 Å². The minimum absolute atomic E-state index is 0.0766. The van der Waals surface area contributed by atoms with Crippen LogP contribution >= 0.6 is 28.5 Å². The number of hydrogen-bond donors (Lipinski definition) is 0. The molecule has 3 nitrogen and oxygen atoms in total. The van der Waals surface area contributed by atoms with Crippen LogP contribution in [0, 0.1) is 0 Å². The van der Waals surface area contributed by atoms with Crippen LogP contribution in [0.5, 0.6) is 0 Å². The first-order chi connectivity index (χ1) is 7.29. The molecule has 1 unspecified atom stereocenters. The van der Waals surface area contributed by atoms with Crippen molar-refractivity contribution >= 4 is 39.3 Å². The zero-order chi connectivity index (χ0) is 12.8. The van der Waals surface area contributed by atoms with Crippen molar-refractivity contribution in [2.75, 3.05) is 11.7 Å². The maximum Gasteiger partial charge on any atom is 0.314 e. The van der Waals surface area contributed by atoms with Gasteiger partial charge in [-0.25, -0.2) is 0 Å². The van der Waals surface area contributed by atoms with Gasteiger partial charge in [0.2, 0.25) is 0 Å². The molecule has 98 valence electrons. The summed E-state index contributed by atoms with van der Waals surface area (Å²) in [6.45, 7) is 9.77. The lowest BCUT2D eigenvalue weighted by atomic mass is 10.6. The van der Waals surface area contributed by atoms with E-state index in [4.69, 9.17) is 4.52 Å². The molecule has 16 heavy (non-hydrogen) atoms. The first-order valence-corrected chi connectivity index (χ1v) is 11.3. The maximum atomic E-state index is 12.4. The molecule has 0 heterocycles. The smallest absolute Gasteiger partial charge is 0.300 e. The average Bonchev–Trinajstić information content (AvgIpc) is 2.11. The zero-order valence-corrected chi connectivity index (χ0v) is 13.8. The van der Waals surface area contributed by atoms with Crippen molar-refractivity contribution in [2.45, 2.75) is 45.1 Å². The minimum Gasteiger partial charge on any atom is -0.300 e. The summed E-state index contributed by atoms with van der Waals surface area (Å²) >= 11 is 2.69. The summed E-state index contributed by atoms with van der Waals surface area (Å²) in [6.07, 6.45) is 0. The zero-order valence-electron chi connectivity index (χ0n) is 10.5. The quantitative estimate of drug-likeness (QED) is 0.631. The fraction of sp³-hybridized carbons (Fsp3) is 1.00. The molecular weight excluding hydrogens is 283 g/mol. The van der Waals surface area contributed by atoms with E-state index >= 15 is 0 Å². The second-order valence-corrected chi connectivity index (χ2v) is 13.7. The predicted octanol–water partition coefficient (Wildman–Crippen LogP) is 4.12. The van der Waals surface area contributed by atoms with Crippen molar-refractivity contribution in [1.29, 1.82) is 0 Å². The third-order valence-corrected chi connectivity index (χ3v) is 10.6. The highest BCUT2D eigenvalue weighted by Gasteiger charge is 2.28. The molecule has 0 amide bonds. The van der Waals surface area contributed by atoms with Gasteiger partial charge in [0.05, 0.1) is 0 Å². The van der Waals surface area contributed by atoms with Crippen molar-refractivity contribution < 1.29 is 13.3 Å². The molecule has 0 saturated carbocycles. The molecular formula is C9H21O3PS3. The second kappa shape index (κ2) is 8.20. The Kier molecular flexibility index (Phi) is 8.73. The van der Waals surface area contributed by atoms with E-state index in [1.807, 2.05) is 34.6 Å². The summed E-state index contributed by atoms with van der Waals surface area (Å²) in [5.41, 5.74) is 0. The molecule has 0 aromatic carbocycles. The van der Waals surface area contributed by atoms with E-state index in [9.17, 15) is 8.77 Å². The molecule has 0 rings (SSSR count). The van der Waals surface area contributed by atoms with Crippen molar-refractivity contribution in [2.24, 2.45) is 0 Å². The Balaban J connectivity index is 4.41. The molecule has 0 saturated heterocycles. The van der Waals surface area contributed by atoms with E-state index in [2.05, 4.69) is 0 Å². The average molecular weight is 304 g/mol. The number of hydrogen-bond acceptors (Lipinski definition) is 5. The normalized spacial score (nSPS) is 14.7. The van der Waals surface area contributed by atoms with Crippen molar-refractivity contribution in [3.63, 3.8) is 0 Å². The van der Waals surface area contributed by atoms with Gasteiger partial charge < -0.3 is 0 Å². The van der Waals surface area contributed by atoms with Gasteiger partial charge >= 0.3 is 5.77 Å². The summed E-state index contributed by atoms with van der Waals surface area (Å²) in [5.74, 6) is -2.14. The summed E-state index contributed by atoms with van der Waals surface area (Å²) in [5, 5.41) is 0.485. The lowest BCUT2D eigenvalue weighted by molar-refractivity contribution is 0.399. The maximum absolute atomic E-state index is 12.4. The van der Waals surface area contributed by atoms with E-state index in [0.29, 0.717) is 5.75 Å². The highest BCUT2D eigenvalue weighted by Crippen LogP contribution is 2.72. The van der Waals surface area contributed by atoms with E-state index < -0.39 is 16.6 Å². The second-order valence-electron chi connectivity index (χ2n) is 3.73. The highest BCUT2D eigenvalue weighted by molar-refractivity contribution is 8.89. The van der Waals surface area contributed by atoms with Crippen LogP contribution in [0.4, 0.5) is 0 Å². The van der Waals surface area contributed by atoms with Crippen LogP contribution in [-0.2, 0) is 19.9 Å². The Morgan fingerprint density at radius 3 is 1.94 bits per heavy atom. The summed E-state index contributed by atoms with van der Waals surface area (Å²) in [6, 6.07) is 0. The van der Waals surface area contributed by atoms with Crippen LogP contribution < -0.4 is 0 Å². The molecule has 0 radical (unpaired) electrons. The molecule has 0 aliphatic heterocycles. The largest absolute Gasteiger partial charge is 0.314 e. The van der Waals surface area contributed by atoms with Gasteiger partial charge in [-0.05, 0) is 0 Å². The Bertz CT molecular complexity index is 255. The molecule has 0 aliphatic rings. The van der Waals surface area contributed by atoms with Gasteiger partial charge in [-0.15, -0.1) is 0 Å².